The molecule has 1 aromatic heterocycles. The molecule has 148 valence electrons. The number of benzene rings is 1. The molecule has 0 saturated carbocycles. The summed E-state index contributed by atoms with van der Waals surface area (Å²) in [5.41, 5.74) is 1.39. The number of carbonyl (C=O) groups is 1. The van der Waals surface area contributed by atoms with Crippen LogP contribution in [-0.4, -0.2) is 11.1 Å². The number of hydrogen-bond acceptors (Lipinski definition) is 3. The minimum Gasteiger partial charge on any atom is -0.361 e. The predicted octanol–water partition coefficient (Wildman–Crippen LogP) is 5.15. The van der Waals surface area contributed by atoms with Crippen LogP contribution in [-0.2, 0) is 17.4 Å². The van der Waals surface area contributed by atoms with Crippen molar-refractivity contribution < 1.29 is 22.5 Å². The Morgan fingerprint density at radius 3 is 2.52 bits per heavy atom. The second-order valence-electron chi connectivity index (χ2n) is 7.18. The monoisotopic (exact) mass is 382 g/mol. The average molecular weight is 382 g/mol. The summed E-state index contributed by atoms with van der Waals surface area (Å²) in [6, 6.07) is 4.68. The largest absolute Gasteiger partial charge is 0.416 e. The molecule has 0 aliphatic heterocycles. The Bertz CT molecular complexity index is 762. The van der Waals surface area contributed by atoms with Gasteiger partial charge in [-0.1, -0.05) is 31.1 Å². The molecule has 0 fully saturated rings. The SMILES string of the molecule is Cc1noc(C)c1CCC(=O)N[C@H](CC(C)C)c1cccc(C(F)(F)F)c1. The molecule has 1 aromatic carbocycles. The van der Waals surface area contributed by atoms with Crippen molar-refractivity contribution in [2.24, 2.45) is 5.92 Å². The molecule has 0 unspecified atom stereocenters. The van der Waals surface area contributed by atoms with Gasteiger partial charge >= 0.3 is 6.18 Å². The molecule has 0 bridgehead atoms. The minimum absolute atomic E-state index is 0.210. The summed E-state index contributed by atoms with van der Waals surface area (Å²) in [4.78, 5) is 12.4. The molecule has 27 heavy (non-hydrogen) atoms. The molecule has 1 heterocycles. The number of amides is 1. The average Bonchev–Trinajstić information content (AvgIpc) is 2.89. The van der Waals surface area contributed by atoms with E-state index >= 15 is 0 Å². The van der Waals surface area contributed by atoms with Crippen LogP contribution in [0.1, 0.15) is 60.9 Å². The maximum atomic E-state index is 13.0. The van der Waals surface area contributed by atoms with Crippen molar-refractivity contribution in [2.75, 3.05) is 0 Å². The van der Waals surface area contributed by atoms with Gasteiger partial charge in [0.15, 0.2) is 0 Å². The maximum Gasteiger partial charge on any atom is 0.416 e. The highest BCUT2D eigenvalue weighted by atomic mass is 19.4. The third kappa shape index (κ3) is 5.84. The quantitative estimate of drug-likeness (QED) is 0.721. The third-order valence-corrected chi connectivity index (χ3v) is 4.44. The number of rotatable bonds is 7. The zero-order chi connectivity index (χ0) is 20.2. The van der Waals surface area contributed by atoms with Crippen LogP contribution in [0.25, 0.3) is 0 Å². The Hall–Kier alpha value is -2.31. The molecule has 1 N–H and O–H groups in total. The first-order valence-electron chi connectivity index (χ1n) is 8.96. The van der Waals surface area contributed by atoms with Crippen molar-refractivity contribution in [1.29, 1.82) is 0 Å². The summed E-state index contributed by atoms with van der Waals surface area (Å²) in [5.74, 6) is 0.683. The standard InChI is InChI=1S/C20H25F3N2O2/c1-12(2)10-18(15-6-5-7-16(11-15)20(21,22)23)24-19(26)9-8-17-13(3)25-27-14(17)4/h5-7,11-12,18H,8-10H2,1-4H3,(H,24,26)/t18-/m1/s1. The van der Waals surface area contributed by atoms with Crippen LogP contribution in [0.2, 0.25) is 0 Å². The van der Waals surface area contributed by atoms with E-state index in [0.717, 1.165) is 23.4 Å². The molecule has 0 spiro atoms. The number of nitrogens with zero attached hydrogens (tertiary/aromatic N) is 1. The highest BCUT2D eigenvalue weighted by Crippen LogP contribution is 2.32. The summed E-state index contributed by atoms with van der Waals surface area (Å²) in [7, 11) is 0. The first-order chi connectivity index (χ1) is 12.6. The Labute approximate surface area is 157 Å². The second kappa shape index (κ2) is 8.59. The number of aromatic nitrogens is 1. The first-order valence-corrected chi connectivity index (χ1v) is 8.96. The fourth-order valence-electron chi connectivity index (χ4n) is 3.05. The molecule has 0 aliphatic carbocycles. The minimum atomic E-state index is -4.41. The zero-order valence-corrected chi connectivity index (χ0v) is 16.0. The predicted molar refractivity (Wildman–Crippen MR) is 96.1 cm³/mol. The van der Waals surface area contributed by atoms with Crippen molar-refractivity contribution >= 4 is 5.91 Å². The summed E-state index contributed by atoms with van der Waals surface area (Å²) >= 11 is 0. The van der Waals surface area contributed by atoms with E-state index < -0.39 is 17.8 Å². The fourth-order valence-corrected chi connectivity index (χ4v) is 3.05. The Morgan fingerprint density at radius 1 is 1.26 bits per heavy atom. The molecule has 0 saturated heterocycles. The van der Waals surface area contributed by atoms with Gasteiger partial charge < -0.3 is 9.84 Å². The van der Waals surface area contributed by atoms with E-state index in [1.54, 1.807) is 13.0 Å². The van der Waals surface area contributed by atoms with Crippen LogP contribution in [0, 0.1) is 19.8 Å². The lowest BCUT2D eigenvalue weighted by Gasteiger charge is -2.22. The molecule has 2 aromatic rings. The molecule has 4 nitrogen and oxygen atoms in total. The van der Waals surface area contributed by atoms with Gasteiger partial charge in [0.1, 0.15) is 5.76 Å². The molecule has 0 radical (unpaired) electrons. The zero-order valence-electron chi connectivity index (χ0n) is 16.0. The number of halogens is 3. The molecule has 1 atom stereocenters. The third-order valence-electron chi connectivity index (χ3n) is 4.44. The van der Waals surface area contributed by atoms with Crippen molar-refractivity contribution in [3.8, 4) is 0 Å². The Kier molecular flexibility index (Phi) is 6.68. The lowest BCUT2D eigenvalue weighted by molar-refractivity contribution is -0.137. The number of carbonyl (C=O) groups excluding carboxylic acids is 1. The molecule has 1 amide bonds. The van der Waals surface area contributed by atoms with Gasteiger partial charge in [0.2, 0.25) is 5.91 Å². The molecular formula is C20H25F3N2O2. The van der Waals surface area contributed by atoms with Gasteiger partial charge in [0.05, 0.1) is 17.3 Å². The fraction of sp³-hybridized carbons (Fsp3) is 0.500. The van der Waals surface area contributed by atoms with E-state index in [2.05, 4.69) is 10.5 Å². The summed E-state index contributed by atoms with van der Waals surface area (Å²) in [6.45, 7) is 7.54. The van der Waals surface area contributed by atoms with Gasteiger partial charge in [-0.15, -0.1) is 0 Å². The van der Waals surface area contributed by atoms with Crippen LogP contribution in [0.15, 0.2) is 28.8 Å². The van der Waals surface area contributed by atoms with Crippen LogP contribution >= 0.6 is 0 Å². The summed E-state index contributed by atoms with van der Waals surface area (Å²) in [5, 5.41) is 6.75. The van der Waals surface area contributed by atoms with Gasteiger partial charge in [0, 0.05) is 12.0 Å². The van der Waals surface area contributed by atoms with E-state index in [1.807, 2.05) is 20.8 Å². The van der Waals surface area contributed by atoms with E-state index in [4.69, 9.17) is 4.52 Å². The van der Waals surface area contributed by atoms with Crippen molar-refractivity contribution in [3.05, 3.63) is 52.4 Å². The smallest absolute Gasteiger partial charge is 0.361 e. The number of alkyl halides is 3. The van der Waals surface area contributed by atoms with Crippen LogP contribution in [0.4, 0.5) is 13.2 Å². The lowest BCUT2D eigenvalue weighted by atomic mass is 9.95. The van der Waals surface area contributed by atoms with Crippen molar-refractivity contribution in [2.45, 2.75) is 59.2 Å². The van der Waals surface area contributed by atoms with Gasteiger partial charge in [-0.05, 0) is 50.3 Å². The lowest BCUT2D eigenvalue weighted by Crippen LogP contribution is -2.30. The topological polar surface area (TPSA) is 55.1 Å². The van der Waals surface area contributed by atoms with E-state index in [0.29, 0.717) is 24.2 Å². The van der Waals surface area contributed by atoms with Gasteiger partial charge in [-0.3, -0.25) is 4.79 Å². The first kappa shape index (κ1) is 21.0. The molecule has 7 heteroatoms. The van der Waals surface area contributed by atoms with Crippen molar-refractivity contribution in [3.63, 3.8) is 0 Å². The van der Waals surface area contributed by atoms with Crippen LogP contribution < -0.4 is 5.32 Å². The van der Waals surface area contributed by atoms with Gasteiger partial charge in [-0.25, -0.2) is 0 Å². The number of aryl methyl sites for hydroxylation is 2. The molecular weight excluding hydrogens is 357 g/mol. The Balaban J connectivity index is 2.11. The van der Waals surface area contributed by atoms with Crippen molar-refractivity contribution in [1.82, 2.24) is 10.5 Å². The Morgan fingerprint density at radius 2 is 1.96 bits per heavy atom. The summed E-state index contributed by atoms with van der Waals surface area (Å²) in [6.07, 6.45) is -3.16. The van der Waals surface area contributed by atoms with E-state index in [1.165, 1.54) is 6.07 Å². The second-order valence-corrected chi connectivity index (χ2v) is 7.18. The number of nitrogens with one attached hydrogen (secondary N) is 1. The van der Waals surface area contributed by atoms with Gasteiger partial charge in [0.25, 0.3) is 0 Å². The molecule has 0 aliphatic rings. The maximum absolute atomic E-state index is 13.0. The van der Waals surface area contributed by atoms with Crippen LogP contribution in [0.3, 0.4) is 0 Å². The van der Waals surface area contributed by atoms with Crippen LogP contribution in [0.5, 0.6) is 0 Å². The van der Waals surface area contributed by atoms with Gasteiger partial charge in [-0.2, -0.15) is 13.2 Å². The molecule has 2 rings (SSSR count). The summed E-state index contributed by atoms with van der Waals surface area (Å²) < 4.78 is 44.1. The number of hydrogen-bond donors (Lipinski definition) is 1. The van der Waals surface area contributed by atoms with E-state index in [-0.39, 0.29) is 18.2 Å². The highest BCUT2D eigenvalue weighted by molar-refractivity contribution is 5.76. The highest BCUT2D eigenvalue weighted by Gasteiger charge is 2.31. The van der Waals surface area contributed by atoms with E-state index in [9.17, 15) is 18.0 Å². The normalized spacial score (nSPS) is 13.0.